The molecule has 0 aliphatic carbocycles. The van der Waals surface area contributed by atoms with Crippen LogP contribution in [0.4, 0.5) is 0 Å². The van der Waals surface area contributed by atoms with E-state index in [2.05, 4.69) is 35.1 Å². The van der Waals surface area contributed by atoms with Crippen molar-refractivity contribution in [1.82, 2.24) is 15.2 Å². The molecular weight excluding hydrogens is 417 g/mol. The summed E-state index contributed by atoms with van der Waals surface area (Å²) in [5, 5.41) is 3.35. The van der Waals surface area contributed by atoms with E-state index in [-0.39, 0.29) is 29.9 Å². The van der Waals surface area contributed by atoms with E-state index in [0.29, 0.717) is 18.9 Å². The van der Waals surface area contributed by atoms with Gasteiger partial charge in [-0.3, -0.25) is 9.78 Å². The lowest BCUT2D eigenvalue weighted by molar-refractivity contribution is -0.119. The molecule has 1 unspecified atom stereocenters. The molecule has 7 heteroatoms. The zero-order valence-corrected chi connectivity index (χ0v) is 16.8. The first-order chi connectivity index (χ1) is 11.1. The summed E-state index contributed by atoms with van der Waals surface area (Å²) in [7, 11) is 0. The standard InChI is InChI=1S/C17H27N5O.HI/c1-3-19-17(21-11-15-13(2)6-4-8-20-15)22-9-5-7-14(12-22)10-16(18)23;/h4,6,8,14H,3,5,7,9-12H2,1-2H3,(H2,18,23)(H,19,21);1H. The fourth-order valence-electron chi connectivity index (χ4n) is 2.97. The van der Waals surface area contributed by atoms with Crippen LogP contribution in [0.2, 0.25) is 0 Å². The van der Waals surface area contributed by atoms with Crippen molar-refractivity contribution < 1.29 is 4.79 Å². The van der Waals surface area contributed by atoms with E-state index in [9.17, 15) is 4.79 Å². The van der Waals surface area contributed by atoms with Gasteiger partial charge in [0.15, 0.2) is 5.96 Å². The molecule has 1 fully saturated rings. The number of nitrogens with two attached hydrogens (primary N) is 1. The van der Waals surface area contributed by atoms with Crippen LogP contribution < -0.4 is 11.1 Å². The zero-order chi connectivity index (χ0) is 16.7. The third-order valence-electron chi connectivity index (χ3n) is 4.14. The van der Waals surface area contributed by atoms with Crippen LogP contribution in [0.3, 0.4) is 0 Å². The number of aliphatic imine (C=N–C) groups is 1. The number of nitrogens with zero attached hydrogens (tertiary/aromatic N) is 3. The van der Waals surface area contributed by atoms with E-state index < -0.39 is 0 Å². The van der Waals surface area contributed by atoms with Crippen LogP contribution in [0.1, 0.15) is 37.4 Å². The molecule has 2 heterocycles. The molecule has 1 aromatic rings. The third-order valence-corrected chi connectivity index (χ3v) is 4.14. The molecule has 24 heavy (non-hydrogen) atoms. The van der Waals surface area contributed by atoms with Crippen molar-refractivity contribution in [2.24, 2.45) is 16.6 Å². The molecule has 0 saturated carbocycles. The summed E-state index contributed by atoms with van der Waals surface area (Å²) in [4.78, 5) is 22.5. The highest BCUT2D eigenvalue weighted by atomic mass is 127. The second kappa shape index (κ2) is 10.5. The molecule has 2 rings (SSSR count). The van der Waals surface area contributed by atoms with Crippen LogP contribution in [-0.2, 0) is 11.3 Å². The van der Waals surface area contributed by atoms with Crippen LogP contribution in [-0.4, -0.2) is 41.4 Å². The van der Waals surface area contributed by atoms with E-state index in [1.165, 1.54) is 0 Å². The van der Waals surface area contributed by atoms with E-state index in [0.717, 1.165) is 49.7 Å². The molecule has 1 aliphatic rings. The summed E-state index contributed by atoms with van der Waals surface area (Å²) in [5.74, 6) is 0.997. The minimum atomic E-state index is -0.220. The Hall–Kier alpha value is -1.38. The number of aryl methyl sites for hydroxylation is 1. The molecule has 1 aliphatic heterocycles. The molecule has 0 bridgehead atoms. The molecule has 0 radical (unpaired) electrons. The van der Waals surface area contributed by atoms with Crippen LogP contribution >= 0.6 is 24.0 Å². The average molecular weight is 445 g/mol. The Bertz CT molecular complexity index is 564. The quantitative estimate of drug-likeness (QED) is 0.413. The number of guanidine groups is 1. The normalized spacial score (nSPS) is 18.0. The van der Waals surface area contributed by atoms with Gasteiger partial charge in [-0.25, -0.2) is 4.99 Å². The van der Waals surface area contributed by atoms with Crippen LogP contribution in [0.25, 0.3) is 0 Å². The number of primary amides is 1. The second-order valence-electron chi connectivity index (χ2n) is 6.06. The van der Waals surface area contributed by atoms with Crippen LogP contribution in [0, 0.1) is 12.8 Å². The number of amides is 1. The van der Waals surface area contributed by atoms with E-state index in [1.807, 2.05) is 6.07 Å². The fourth-order valence-corrected chi connectivity index (χ4v) is 2.97. The Morgan fingerprint density at radius 2 is 2.33 bits per heavy atom. The lowest BCUT2D eigenvalue weighted by Crippen LogP contribution is -2.47. The Kier molecular flexibility index (Phi) is 9.02. The molecule has 134 valence electrons. The zero-order valence-electron chi connectivity index (χ0n) is 14.5. The molecule has 3 N–H and O–H groups in total. The van der Waals surface area contributed by atoms with Crippen molar-refractivity contribution in [3.63, 3.8) is 0 Å². The van der Waals surface area contributed by atoms with Gasteiger partial charge in [0.25, 0.3) is 0 Å². The number of pyridine rings is 1. The summed E-state index contributed by atoms with van der Waals surface area (Å²) in [6, 6.07) is 3.99. The Balaban J connectivity index is 0.00000288. The highest BCUT2D eigenvalue weighted by molar-refractivity contribution is 14.0. The van der Waals surface area contributed by atoms with E-state index in [1.54, 1.807) is 6.20 Å². The van der Waals surface area contributed by atoms with Gasteiger partial charge in [-0.15, -0.1) is 24.0 Å². The molecule has 1 saturated heterocycles. The molecule has 1 amide bonds. The first-order valence-corrected chi connectivity index (χ1v) is 8.32. The topological polar surface area (TPSA) is 83.6 Å². The summed E-state index contributed by atoms with van der Waals surface area (Å²) in [6.45, 7) is 7.28. The Labute approximate surface area is 161 Å². The highest BCUT2D eigenvalue weighted by Crippen LogP contribution is 2.19. The van der Waals surface area contributed by atoms with Gasteiger partial charge in [0.05, 0.1) is 12.2 Å². The van der Waals surface area contributed by atoms with Gasteiger partial charge >= 0.3 is 0 Å². The molecule has 0 aromatic carbocycles. The largest absolute Gasteiger partial charge is 0.370 e. The molecular formula is C17H28IN5O. The van der Waals surface area contributed by atoms with Gasteiger partial charge in [0.2, 0.25) is 5.91 Å². The number of carbonyl (C=O) groups excluding carboxylic acids is 1. The van der Waals surface area contributed by atoms with Crippen molar-refractivity contribution in [1.29, 1.82) is 0 Å². The number of nitrogens with one attached hydrogen (secondary N) is 1. The first kappa shape index (κ1) is 20.7. The van der Waals surface area contributed by atoms with E-state index >= 15 is 0 Å². The van der Waals surface area contributed by atoms with Crippen molar-refractivity contribution >= 4 is 35.8 Å². The SMILES string of the molecule is CCNC(=NCc1ncccc1C)N1CCCC(CC(N)=O)C1.I. The molecule has 6 nitrogen and oxygen atoms in total. The molecule has 1 atom stereocenters. The smallest absolute Gasteiger partial charge is 0.217 e. The number of halogens is 1. The number of rotatable bonds is 5. The summed E-state index contributed by atoms with van der Waals surface area (Å²) >= 11 is 0. The van der Waals surface area contributed by atoms with Crippen molar-refractivity contribution in [3.8, 4) is 0 Å². The maximum Gasteiger partial charge on any atom is 0.217 e. The maximum absolute atomic E-state index is 11.2. The van der Waals surface area contributed by atoms with Gasteiger partial charge in [0.1, 0.15) is 0 Å². The number of carbonyl (C=O) groups is 1. The van der Waals surface area contributed by atoms with Crippen molar-refractivity contribution in [3.05, 3.63) is 29.6 Å². The van der Waals surface area contributed by atoms with Crippen LogP contribution in [0.5, 0.6) is 0 Å². The Morgan fingerprint density at radius 3 is 3.00 bits per heavy atom. The maximum atomic E-state index is 11.2. The molecule has 0 spiro atoms. The monoisotopic (exact) mass is 445 g/mol. The van der Waals surface area contributed by atoms with Gasteiger partial charge in [-0.2, -0.15) is 0 Å². The van der Waals surface area contributed by atoms with Crippen molar-refractivity contribution in [2.75, 3.05) is 19.6 Å². The minimum absolute atomic E-state index is 0. The lowest BCUT2D eigenvalue weighted by atomic mass is 9.95. The number of likely N-dealkylation sites (tertiary alicyclic amines) is 1. The predicted molar refractivity (Wildman–Crippen MR) is 107 cm³/mol. The number of piperidine rings is 1. The van der Waals surface area contributed by atoms with Crippen LogP contribution in [0.15, 0.2) is 23.3 Å². The first-order valence-electron chi connectivity index (χ1n) is 8.32. The second-order valence-corrected chi connectivity index (χ2v) is 6.06. The highest BCUT2D eigenvalue weighted by Gasteiger charge is 2.23. The number of aromatic nitrogens is 1. The summed E-state index contributed by atoms with van der Waals surface area (Å²) < 4.78 is 0. The third kappa shape index (κ3) is 6.26. The predicted octanol–water partition coefficient (Wildman–Crippen LogP) is 2.06. The molecule has 1 aromatic heterocycles. The number of hydrogen-bond donors (Lipinski definition) is 2. The van der Waals surface area contributed by atoms with Crippen molar-refractivity contribution in [2.45, 2.75) is 39.7 Å². The lowest BCUT2D eigenvalue weighted by Gasteiger charge is -2.34. The van der Waals surface area contributed by atoms with Gasteiger partial charge in [0, 0.05) is 32.3 Å². The van der Waals surface area contributed by atoms with E-state index in [4.69, 9.17) is 10.7 Å². The minimum Gasteiger partial charge on any atom is -0.370 e. The fraction of sp³-hybridized carbons (Fsp3) is 0.588. The average Bonchev–Trinajstić information content (AvgIpc) is 2.52. The Morgan fingerprint density at radius 1 is 1.54 bits per heavy atom. The number of hydrogen-bond acceptors (Lipinski definition) is 3. The van der Waals surface area contributed by atoms with Gasteiger partial charge < -0.3 is 16.0 Å². The summed E-state index contributed by atoms with van der Waals surface area (Å²) in [5.41, 5.74) is 7.49. The summed E-state index contributed by atoms with van der Waals surface area (Å²) in [6.07, 6.45) is 4.37. The van der Waals surface area contributed by atoms with Gasteiger partial charge in [-0.1, -0.05) is 6.07 Å². The van der Waals surface area contributed by atoms with Gasteiger partial charge in [-0.05, 0) is 44.2 Å².